The highest BCUT2D eigenvalue weighted by Crippen LogP contribution is 2.21. The first-order valence-corrected chi connectivity index (χ1v) is 5.85. The van der Waals surface area contributed by atoms with Crippen LogP contribution >= 0.6 is 0 Å². The zero-order valence-electron chi connectivity index (χ0n) is 9.63. The zero-order valence-corrected chi connectivity index (χ0v) is 9.63. The smallest absolute Gasteiger partial charge is 0.165 e. The van der Waals surface area contributed by atoms with Gasteiger partial charge in [-0.15, -0.1) is 0 Å². The molecule has 4 nitrogen and oxygen atoms in total. The maximum Gasteiger partial charge on any atom is 0.165 e. The van der Waals surface area contributed by atoms with Crippen molar-refractivity contribution in [3.8, 4) is 5.75 Å². The number of hydrogen-bond acceptors (Lipinski definition) is 4. The minimum atomic E-state index is -0.308. The molecule has 2 rings (SSSR count). The van der Waals surface area contributed by atoms with E-state index in [0.717, 1.165) is 18.4 Å². The lowest BCUT2D eigenvalue weighted by atomic mass is 10.0. The molecule has 0 amide bonds. The molecule has 1 aromatic carbocycles. The van der Waals surface area contributed by atoms with Gasteiger partial charge in [0.1, 0.15) is 11.9 Å². The summed E-state index contributed by atoms with van der Waals surface area (Å²) in [5.41, 5.74) is 6.40. The van der Waals surface area contributed by atoms with Gasteiger partial charge in [0, 0.05) is 13.0 Å². The van der Waals surface area contributed by atoms with E-state index in [2.05, 4.69) is 0 Å². The van der Waals surface area contributed by atoms with Crippen LogP contribution in [0.5, 0.6) is 5.75 Å². The molecule has 3 N–H and O–H groups in total. The first-order valence-electron chi connectivity index (χ1n) is 5.85. The van der Waals surface area contributed by atoms with Gasteiger partial charge in [-0.2, -0.15) is 0 Å². The SMILES string of the molecule is NCC1CCC(C(=O)Cc2ccc(O)cc2)O1. The van der Waals surface area contributed by atoms with Crippen LogP contribution in [0.25, 0.3) is 0 Å². The van der Waals surface area contributed by atoms with Crippen LogP contribution in [0.3, 0.4) is 0 Å². The third-order valence-electron chi connectivity index (χ3n) is 3.04. The van der Waals surface area contributed by atoms with Gasteiger partial charge in [0.05, 0.1) is 6.10 Å². The largest absolute Gasteiger partial charge is 0.508 e. The Kier molecular flexibility index (Phi) is 3.76. The average molecular weight is 235 g/mol. The lowest BCUT2D eigenvalue weighted by molar-refractivity contribution is -0.128. The van der Waals surface area contributed by atoms with Crippen molar-refractivity contribution < 1.29 is 14.6 Å². The molecule has 17 heavy (non-hydrogen) atoms. The quantitative estimate of drug-likeness (QED) is 0.817. The van der Waals surface area contributed by atoms with Gasteiger partial charge in [-0.1, -0.05) is 12.1 Å². The highest BCUT2D eigenvalue weighted by molar-refractivity contribution is 5.85. The van der Waals surface area contributed by atoms with Crippen molar-refractivity contribution in [3.63, 3.8) is 0 Å². The van der Waals surface area contributed by atoms with Gasteiger partial charge in [-0.3, -0.25) is 4.79 Å². The van der Waals surface area contributed by atoms with E-state index in [0.29, 0.717) is 13.0 Å². The van der Waals surface area contributed by atoms with E-state index in [1.54, 1.807) is 24.3 Å². The van der Waals surface area contributed by atoms with Crippen molar-refractivity contribution in [2.24, 2.45) is 5.73 Å². The monoisotopic (exact) mass is 235 g/mol. The van der Waals surface area contributed by atoms with Crippen LogP contribution in [-0.2, 0) is 16.0 Å². The highest BCUT2D eigenvalue weighted by atomic mass is 16.5. The second-order valence-corrected chi connectivity index (χ2v) is 4.37. The molecule has 1 aliphatic rings. The third kappa shape index (κ3) is 3.05. The maximum atomic E-state index is 11.9. The van der Waals surface area contributed by atoms with Crippen molar-refractivity contribution >= 4 is 5.78 Å². The molecule has 2 unspecified atom stereocenters. The number of benzene rings is 1. The number of rotatable bonds is 4. The van der Waals surface area contributed by atoms with Crippen molar-refractivity contribution in [1.82, 2.24) is 0 Å². The summed E-state index contributed by atoms with van der Waals surface area (Å²) in [4.78, 5) is 11.9. The summed E-state index contributed by atoms with van der Waals surface area (Å²) in [6.45, 7) is 0.475. The van der Waals surface area contributed by atoms with Gasteiger partial charge in [0.15, 0.2) is 5.78 Å². The molecule has 0 spiro atoms. The van der Waals surface area contributed by atoms with E-state index in [-0.39, 0.29) is 23.7 Å². The number of hydrogen-bond donors (Lipinski definition) is 2. The Labute approximate surface area is 100 Å². The second-order valence-electron chi connectivity index (χ2n) is 4.37. The molecule has 1 saturated heterocycles. The van der Waals surface area contributed by atoms with E-state index < -0.39 is 0 Å². The first kappa shape index (κ1) is 12.1. The highest BCUT2D eigenvalue weighted by Gasteiger charge is 2.29. The Balaban J connectivity index is 1.91. The molecule has 4 heteroatoms. The molecule has 1 heterocycles. The van der Waals surface area contributed by atoms with E-state index in [1.165, 1.54) is 0 Å². The topological polar surface area (TPSA) is 72.6 Å². The molecule has 1 aromatic rings. The summed E-state index contributed by atoms with van der Waals surface area (Å²) in [7, 11) is 0. The Morgan fingerprint density at radius 2 is 2.06 bits per heavy atom. The van der Waals surface area contributed by atoms with E-state index in [9.17, 15) is 4.79 Å². The minimum absolute atomic E-state index is 0.0313. The fourth-order valence-electron chi connectivity index (χ4n) is 2.04. The third-order valence-corrected chi connectivity index (χ3v) is 3.04. The predicted molar refractivity (Wildman–Crippen MR) is 63.8 cm³/mol. The first-order chi connectivity index (χ1) is 8.19. The number of nitrogens with two attached hydrogens (primary N) is 1. The molecule has 2 atom stereocenters. The molecule has 1 aliphatic heterocycles. The van der Waals surface area contributed by atoms with Gasteiger partial charge in [-0.25, -0.2) is 0 Å². The summed E-state index contributed by atoms with van der Waals surface area (Å²) in [6, 6.07) is 6.67. The van der Waals surface area contributed by atoms with Crippen molar-refractivity contribution in [2.75, 3.05) is 6.54 Å². The standard InChI is InChI=1S/C13H17NO3/c14-8-11-5-6-13(17-11)12(16)7-9-1-3-10(15)4-2-9/h1-4,11,13,15H,5-8,14H2. The van der Waals surface area contributed by atoms with E-state index in [4.69, 9.17) is 15.6 Å². The average Bonchev–Trinajstić information content (AvgIpc) is 2.81. The zero-order chi connectivity index (χ0) is 12.3. The van der Waals surface area contributed by atoms with Crippen LogP contribution < -0.4 is 5.73 Å². The maximum absolute atomic E-state index is 11.9. The number of ether oxygens (including phenoxy) is 1. The Morgan fingerprint density at radius 1 is 1.35 bits per heavy atom. The summed E-state index contributed by atoms with van der Waals surface area (Å²) >= 11 is 0. The van der Waals surface area contributed by atoms with Gasteiger partial charge in [0.25, 0.3) is 0 Å². The van der Waals surface area contributed by atoms with Crippen LogP contribution in [0.4, 0.5) is 0 Å². The number of phenols is 1. The van der Waals surface area contributed by atoms with E-state index >= 15 is 0 Å². The number of ketones is 1. The fourth-order valence-corrected chi connectivity index (χ4v) is 2.04. The summed E-state index contributed by atoms with van der Waals surface area (Å²) in [5, 5.41) is 9.15. The fraction of sp³-hybridized carbons (Fsp3) is 0.462. The van der Waals surface area contributed by atoms with Gasteiger partial charge in [-0.05, 0) is 30.5 Å². The number of phenolic OH excluding ortho intramolecular Hbond substituents is 1. The summed E-state index contributed by atoms with van der Waals surface area (Å²) < 4.78 is 5.54. The van der Waals surface area contributed by atoms with Crippen LogP contribution in [0.2, 0.25) is 0 Å². The molecule has 0 radical (unpaired) electrons. The molecule has 0 aliphatic carbocycles. The second kappa shape index (κ2) is 5.29. The van der Waals surface area contributed by atoms with Gasteiger partial charge in [0.2, 0.25) is 0 Å². The van der Waals surface area contributed by atoms with E-state index in [1.807, 2.05) is 0 Å². The molecule has 92 valence electrons. The Morgan fingerprint density at radius 3 is 2.65 bits per heavy atom. The van der Waals surface area contributed by atoms with Gasteiger partial charge >= 0.3 is 0 Å². The van der Waals surface area contributed by atoms with Crippen LogP contribution in [0, 0.1) is 0 Å². The van der Waals surface area contributed by atoms with Crippen molar-refractivity contribution in [3.05, 3.63) is 29.8 Å². The molecule has 0 saturated carbocycles. The predicted octanol–water partition coefficient (Wildman–Crippen LogP) is 1.01. The minimum Gasteiger partial charge on any atom is -0.508 e. The molecular weight excluding hydrogens is 218 g/mol. The number of carbonyl (C=O) groups is 1. The van der Waals surface area contributed by atoms with Crippen molar-refractivity contribution in [1.29, 1.82) is 0 Å². The number of Topliss-reactive ketones (excluding diaryl/α,β-unsaturated/α-hetero) is 1. The number of carbonyl (C=O) groups excluding carboxylic acids is 1. The molecular formula is C13H17NO3. The Bertz CT molecular complexity index is 388. The van der Waals surface area contributed by atoms with Crippen LogP contribution in [0.15, 0.2) is 24.3 Å². The van der Waals surface area contributed by atoms with Crippen LogP contribution in [-0.4, -0.2) is 29.6 Å². The molecule has 0 aromatic heterocycles. The lowest BCUT2D eigenvalue weighted by Gasteiger charge is -2.11. The normalized spacial score (nSPS) is 23.8. The summed E-state index contributed by atoms with van der Waals surface area (Å²) in [6.07, 6.45) is 1.70. The Hall–Kier alpha value is -1.39. The molecule has 0 bridgehead atoms. The van der Waals surface area contributed by atoms with Gasteiger partial charge < -0.3 is 15.6 Å². The molecule has 1 fully saturated rings. The van der Waals surface area contributed by atoms with Crippen molar-refractivity contribution in [2.45, 2.75) is 31.5 Å². The lowest BCUT2D eigenvalue weighted by Crippen LogP contribution is -2.26. The number of aromatic hydroxyl groups is 1. The van der Waals surface area contributed by atoms with Crippen LogP contribution in [0.1, 0.15) is 18.4 Å². The summed E-state index contributed by atoms with van der Waals surface area (Å²) in [5.74, 6) is 0.299.